The van der Waals surface area contributed by atoms with E-state index < -0.39 is 11.6 Å². The van der Waals surface area contributed by atoms with Crippen LogP contribution < -0.4 is 0 Å². The van der Waals surface area contributed by atoms with Crippen molar-refractivity contribution in [1.82, 2.24) is 14.9 Å². The minimum absolute atomic E-state index is 0.156. The molecule has 0 spiro atoms. The maximum atomic E-state index is 13.9. The summed E-state index contributed by atoms with van der Waals surface area (Å²) in [5.74, 6) is -0.473. The smallest absolute Gasteiger partial charge is 0.226 e. The van der Waals surface area contributed by atoms with Gasteiger partial charge < -0.3 is 9.88 Å². The molecule has 2 aliphatic rings. The summed E-state index contributed by atoms with van der Waals surface area (Å²) in [6, 6.07) is 3.46. The summed E-state index contributed by atoms with van der Waals surface area (Å²) in [6.45, 7) is 1.14. The van der Waals surface area contributed by atoms with Crippen molar-refractivity contribution in [2.24, 2.45) is 5.92 Å². The number of aromatic nitrogens is 2. The van der Waals surface area contributed by atoms with Crippen LogP contribution >= 0.6 is 0 Å². The number of carbonyl (C=O) groups is 1. The van der Waals surface area contributed by atoms with Crippen LogP contribution in [0.5, 0.6) is 0 Å². The minimum atomic E-state index is -0.639. The molecule has 2 aromatic rings. The van der Waals surface area contributed by atoms with Crippen molar-refractivity contribution in [3.05, 3.63) is 41.2 Å². The maximum absolute atomic E-state index is 13.9. The van der Waals surface area contributed by atoms with Crippen LogP contribution in [0.15, 0.2) is 18.2 Å². The Morgan fingerprint density at radius 3 is 2.79 bits per heavy atom. The van der Waals surface area contributed by atoms with Crippen molar-refractivity contribution in [2.75, 3.05) is 6.54 Å². The fourth-order valence-corrected chi connectivity index (χ4v) is 3.72. The normalized spacial score (nSPS) is 18.0. The van der Waals surface area contributed by atoms with Gasteiger partial charge in [-0.1, -0.05) is 12.8 Å². The van der Waals surface area contributed by atoms with Crippen LogP contribution in [0.25, 0.3) is 11.4 Å². The van der Waals surface area contributed by atoms with E-state index in [1.54, 1.807) is 0 Å². The molecule has 1 N–H and O–H groups in total. The van der Waals surface area contributed by atoms with Gasteiger partial charge in [0, 0.05) is 24.9 Å². The van der Waals surface area contributed by atoms with Crippen LogP contribution in [-0.2, 0) is 17.8 Å². The molecule has 6 heteroatoms. The molecular formula is C18H19F2N3O. The molecule has 4 rings (SSSR count). The molecule has 24 heavy (non-hydrogen) atoms. The standard InChI is InChI=1S/C18H19F2N3O/c19-12-5-6-13(14(20)9-12)17-21-15-7-8-23(10-16(15)22-17)18(24)11-3-1-2-4-11/h5-6,9,11H,1-4,7-8,10H2,(H,21,22). The SMILES string of the molecule is O=C(C1CCCC1)N1CCc2nc(-c3ccc(F)cc3F)[nH]c2C1. The lowest BCUT2D eigenvalue weighted by Crippen LogP contribution is -2.39. The number of H-pyrrole nitrogens is 1. The summed E-state index contributed by atoms with van der Waals surface area (Å²) in [7, 11) is 0. The predicted molar refractivity (Wildman–Crippen MR) is 85.0 cm³/mol. The zero-order chi connectivity index (χ0) is 16.7. The van der Waals surface area contributed by atoms with Gasteiger partial charge in [-0.15, -0.1) is 0 Å². The number of imidazole rings is 1. The van der Waals surface area contributed by atoms with Crippen molar-refractivity contribution in [3.63, 3.8) is 0 Å². The summed E-state index contributed by atoms with van der Waals surface area (Å²) in [5, 5.41) is 0. The fraction of sp³-hybridized carbons (Fsp3) is 0.444. The molecule has 1 amide bonds. The number of benzene rings is 1. The molecule has 1 aliphatic carbocycles. The lowest BCUT2D eigenvalue weighted by Gasteiger charge is -2.28. The van der Waals surface area contributed by atoms with E-state index in [2.05, 4.69) is 9.97 Å². The molecule has 1 saturated carbocycles. The van der Waals surface area contributed by atoms with Gasteiger partial charge in [-0.05, 0) is 25.0 Å². The molecule has 1 aromatic heterocycles. The van der Waals surface area contributed by atoms with Gasteiger partial charge >= 0.3 is 0 Å². The fourth-order valence-electron chi connectivity index (χ4n) is 3.72. The average Bonchev–Trinajstić information content (AvgIpc) is 3.23. The third kappa shape index (κ3) is 2.70. The predicted octanol–water partition coefficient (Wildman–Crippen LogP) is 3.43. The zero-order valence-corrected chi connectivity index (χ0v) is 13.3. The first-order valence-corrected chi connectivity index (χ1v) is 8.44. The van der Waals surface area contributed by atoms with Gasteiger partial charge in [0.15, 0.2) is 0 Å². The highest BCUT2D eigenvalue weighted by atomic mass is 19.1. The quantitative estimate of drug-likeness (QED) is 0.916. The number of amides is 1. The molecule has 0 bridgehead atoms. The molecule has 0 unspecified atom stereocenters. The van der Waals surface area contributed by atoms with E-state index in [9.17, 15) is 13.6 Å². The second-order valence-corrected chi connectivity index (χ2v) is 6.63. The van der Waals surface area contributed by atoms with Crippen molar-refractivity contribution in [3.8, 4) is 11.4 Å². The number of fused-ring (bicyclic) bond motifs is 1. The summed E-state index contributed by atoms with van der Waals surface area (Å²) >= 11 is 0. The highest BCUT2D eigenvalue weighted by Crippen LogP contribution is 2.30. The first-order chi connectivity index (χ1) is 11.6. The number of nitrogens with one attached hydrogen (secondary N) is 1. The maximum Gasteiger partial charge on any atom is 0.226 e. The van der Waals surface area contributed by atoms with Gasteiger partial charge in [-0.25, -0.2) is 13.8 Å². The lowest BCUT2D eigenvalue weighted by atomic mass is 10.0. The molecule has 0 atom stereocenters. The second-order valence-electron chi connectivity index (χ2n) is 6.63. The van der Waals surface area contributed by atoms with Crippen LogP contribution in [0.2, 0.25) is 0 Å². The van der Waals surface area contributed by atoms with Crippen molar-refractivity contribution >= 4 is 5.91 Å². The Morgan fingerprint density at radius 2 is 2.04 bits per heavy atom. The number of nitrogens with zero attached hydrogens (tertiary/aromatic N) is 2. The first kappa shape index (κ1) is 15.3. The number of hydrogen-bond donors (Lipinski definition) is 1. The Kier molecular flexibility index (Phi) is 3.82. The van der Waals surface area contributed by atoms with E-state index in [1.165, 1.54) is 12.1 Å². The molecule has 1 fully saturated rings. The van der Waals surface area contributed by atoms with Crippen molar-refractivity contribution in [2.45, 2.75) is 38.6 Å². The summed E-state index contributed by atoms with van der Waals surface area (Å²) in [4.78, 5) is 22.0. The van der Waals surface area contributed by atoms with Crippen molar-refractivity contribution < 1.29 is 13.6 Å². The molecule has 0 radical (unpaired) electrons. The van der Waals surface area contributed by atoms with Gasteiger partial charge in [-0.2, -0.15) is 0 Å². The Balaban J connectivity index is 1.56. The molecule has 1 aliphatic heterocycles. The molecular weight excluding hydrogens is 312 g/mol. The summed E-state index contributed by atoms with van der Waals surface area (Å²) in [5.41, 5.74) is 1.97. The molecule has 2 heterocycles. The number of halogens is 2. The van der Waals surface area contributed by atoms with Gasteiger partial charge in [0.1, 0.15) is 17.5 Å². The molecule has 126 valence electrons. The van der Waals surface area contributed by atoms with E-state index >= 15 is 0 Å². The van der Waals surface area contributed by atoms with Crippen LogP contribution in [-0.4, -0.2) is 27.3 Å². The topological polar surface area (TPSA) is 49.0 Å². The Morgan fingerprint density at radius 1 is 1.25 bits per heavy atom. The van der Waals surface area contributed by atoms with E-state index in [4.69, 9.17) is 0 Å². The minimum Gasteiger partial charge on any atom is -0.340 e. The molecule has 1 aromatic carbocycles. The monoisotopic (exact) mass is 331 g/mol. The zero-order valence-electron chi connectivity index (χ0n) is 13.3. The van der Waals surface area contributed by atoms with Crippen LogP contribution in [0, 0.1) is 17.6 Å². The number of hydrogen-bond acceptors (Lipinski definition) is 2. The lowest BCUT2D eigenvalue weighted by molar-refractivity contribution is -0.136. The van der Waals surface area contributed by atoms with Crippen LogP contribution in [0.3, 0.4) is 0 Å². The largest absolute Gasteiger partial charge is 0.340 e. The summed E-state index contributed by atoms with van der Waals surface area (Å²) in [6.07, 6.45) is 4.89. The van der Waals surface area contributed by atoms with Crippen molar-refractivity contribution in [1.29, 1.82) is 0 Å². The Hall–Kier alpha value is -2.24. The van der Waals surface area contributed by atoms with Gasteiger partial charge in [-0.3, -0.25) is 4.79 Å². The van der Waals surface area contributed by atoms with E-state index in [-0.39, 0.29) is 17.4 Å². The highest BCUT2D eigenvalue weighted by Gasteiger charge is 2.30. The van der Waals surface area contributed by atoms with Gasteiger partial charge in [0.25, 0.3) is 0 Å². The average molecular weight is 331 g/mol. The first-order valence-electron chi connectivity index (χ1n) is 8.44. The van der Waals surface area contributed by atoms with Gasteiger partial charge in [0.2, 0.25) is 5.91 Å². The Labute approximate surface area is 138 Å². The number of aromatic amines is 1. The third-order valence-electron chi connectivity index (χ3n) is 5.03. The van der Waals surface area contributed by atoms with E-state index in [0.717, 1.165) is 43.1 Å². The number of carbonyl (C=O) groups excluding carboxylic acids is 1. The van der Waals surface area contributed by atoms with E-state index in [1.807, 2.05) is 4.90 Å². The number of rotatable bonds is 2. The summed E-state index contributed by atoms with van der Waals surface area (Å²) < 4.78 is 27.0. The van der Waals surface area contributed by atoms with E-state index in [0.29, 0.717) is 25.3 Å². The second kappa shape index (κ2) is 6.00. The van der Waals surface area contributed by atoms with Crippen LogP contribution in [0.1, 0.15) is 37.1 Å². The molecule has 4 nitrogen and oxygen atoms in total. The Bertz CT molecular complexity index is 781. The van der Waals surface area contributed by atoms with Gasteiger partial charge in [0.05, 0.1) is 23.5 Å². The third-order valence-corrected chi connectivity index (χ3v) is 5.03. The molecule has 0 saturated heterocycles. The van der Waals surface area contributed by atoms with Crippen LogP contribution in [0.4, 0.5) is 8.78 Å². The highest BCUT2D eigenvalue weighted by molar-refractivity contribution is 5.79.